The molecule has 2 N–H and O–H groups in total. The first-order chi connectivity index (χ1) is 4.13. The molecule has 4 unspecified atom stereocenters. The van der Waals surface area contributed by atoms with Gasteiger partial charge in [-0.05, 0) is 31.1 Å². The molecular formula is C8H17N. The molecule has 1 rings (SSSR count). The number of rotatable bonds is 1. The number of hydrogen-bond donors (Lipinski definition) is 1. The van der Waals surface area contributed by atoms with Gasteiger partial charge >= 0.3 is 0 Å². The summed E-state index contributed by atoms with van der Waals surface area (Å²) in [5.74, 6) is 2.59. The van der Waals surface area contributed by atoms with Crippen molar-refractivity contribution in [3.05, 3.63) is 0 Å². The summed E-state index contributed by atoms with van der Waals surface area (Å²) in [6, 6.07) is 0.413. The Morgan fingerprint density at radius 1 is 1.44 bits per heavy atom. The lowest BCUT2D eigenvalue weighted by Crippen LogP contribution is -2.43. The predicted octanol–water partition coefficient (Wildman–Crippen LogP) is 1.63. The first-order valence-electron chi connectivity index (χ1n) is 3.88. The first-order valence-corrected chi connectivity index (χ1v) is 3.88. The monoisotopic (exact) mass is 127 g/mol. The fraction of sp³-hybridized carbons (Fsp3) is 1.00. The normalized spacial score (nSPS) is 46.0. The maximum atomic E-state index is 5.75. The van der Waals surface area contributed by atoms with E-state index in [9.17, 15) is 0 Å². The molecule has 1 nitrogen and oxygen atoms in total. The summed E-state index contributed by atoms with van der Waals surface area (Å²) in [6.07, 6.45) is 1.35. The Hall–Kier alpha value is -0.0400. The van der Waals surface area contributed by atoms with Crippen LogP contribution in [0.15, 0.2) is 0 Å². The summed E-state index contributed by atoms with van der Waals surface area (Å²) in [5.41, 5.74) is 5.75. The minimum atomic E-state index is 0.413. The largest absolute Gasteiger partial charge is 0.328 e. The van der Waals surface area contributed by atoms with Crippen molar-refractivity contribution in [2.24, 2.45) is 23.5 Å². The van der Waals surface area contributed by atoms with Gasteiger partial charge in [-0.3, -0.25) is 0 Å². The quantitative estimate of drug-likeness (QED) is 0.569. The molecule has 9 heavy (non-hydrogen) atoms. The van der Waals surface area contributed by atoms with Gasteiger partial charge in [-0.2, -0.15) is 0 Å². The van der Waals surface area contributed by atoms with Crippen molar-refractivity contribution in [1.29, 1.82) is 0 Å². The summed E-state index contributed by atoms with van der Waals surface area (Å²) in [6.45, 7) is 6.73. The van der Waals surface area contributed by atoms with E-state index in [1.165, 1.54) is 6.42 Å². The molecule has 1 aliphatic rings. The Kier molecular flexibility index (Phi) is 1.80. The molecule has 1 aliphatic carbocycles. The second-order valence-electron chi connectivity index (χ2n) is 3.60. The number of hydrogen-bond acceptors (Lipinski definition) is 1. The molecule has 0 aromatic carbocycles. The number of nitrogens with two attached hydrogens (primary N) is 1. The van der Waals surface area contributed by atoms with Crippen molar-refractivity contribution in [2.75, 3.05) is 0 Å². The van der Waals surface area contributed by atoms with Crippen LogP contribution in [0.3, 0.4) is 0 Å². The molecule has 1 heteroatoms. The van der Waals surface area contributed by atoms with Gasteiger partial charge in [0.2, 0.25) is 0 Å². The van der Waals surface area contributed by atoms with Crippen molar-refractivity contribution in [3.63, 3.8) is 0 Å². The first kappa shape index (κ1) is 7.07. The van der Waals surface area contributed by atoms with Crippen molar-refractivity contribution in [1.82, 2.24) is 0 Å². The van der Waals surface area contributed by atoms with Gasteiger partial charge in [0.15, 0.2) is 0 Å². The van der Waals surface area contributed by atoms with Gasteiger partial charge in [0.05, 0.1) is 0 Å². The lowest BCUT2D eigenvalue weighted by Gasteiger charge is -2.43. The van der Waals surface area contributed by atoms with Gasteiger partial charge in [0.1, 0.15) is 0 Å². The van der Waals surface area contributed by atoms with Gasteiger partial charge < -0.3 is 5.73 Å². The van der Waals surface area contributed by atoms with E-state index in [4.69, 9.17) is 5.73 Å². The second kappa shape index (κ2) is 2.30. The van der Waals surface area contributed by atoms with E-state index in [-0.39, 0.29) is 0 Å². The Balaban J connectivity index is 2.33. The molecule has 0 aromatic rings. The van der Waals surface area contributed by atoms with Gasteiger partial charge in [0, 0.05) is 6.04 Å². The zero-order valence-electron chi connectivity index (χ0n) is 6.59. The van der Waals surface area contributed by atoms with Crippen molar-refractivity contribution in [3.8, 4) is 0 Å². The van der Waals surface area contributed by atoms with Crippen LogP contribution in [0.2, 0.25) is 0 Å². The van der Waals surface area contributed by atoms with Gasteiger partial charge in [0.25, 0.3) is 0 Å². The third-order valence-electron chi connectivity index (χ3n) is 2.89. The van der Waals surface area contributed by atoms with Gasteiger partial charge in [-0.1, -0.05) is 13.8 Å². The highest BCUT2D eigenvalue weighted by Crippen LogP contribution is 2.40. The van der Waals surface area contributed by atoms with E-state index in [0.29, 0.717) is 6.04 Å². The molecule has 0 amide bonds. The molecule has 0 aliphatic heterocycles. The molecular weight excluding hydrogens is 110 g/mol. The van der Waals surface area contributed by atoms with Crippen LogP contribution in [0, 0.1) is 17.8 Å². The maximum absolute atomic E-state index is 5.75. The Morgan fingerprint density at radius 2 is 2.00 bits per heavy atom. The van der Waals surface area contributed by atoms with Crippen LogP contribution in [-0.2, 0) is 0 Å². The third kappa shape index (κ3) is 1.11. The van der Waals surface area contributed by atoms with E-state index in [2.05, 4.69) is 20.8 Å². The highest BCUT2D eigenvalue weighted by molar-refractivity contribution is 4.87. The third-order valence-corrected chi connectivity index (χ3v) is 2.89. The lowest BCUT2D eigenvalue weighted by atomic mass is 9.64. The van der Waals surface area contributed by atoms with E-state index < -0.39 is 0 Å². The van der Waals surface area contributed by atoms with E-state index in [0.717, 1.165) is 17.8 Å². The summed E-state index contributed by atoms with van der Waals surface area (Å²) in [7, 11) is 0. The zero-order chi connectivity index (χ0) is 7.02. The molecule has 54 valence electrons. The van der Waals surface area contributed by atoms with Crippen molar-refractivity contribution >= 4 is 0 Å². The summed E-state index contributed by atoms with van der Waals surface area (Å²) >= 11 is 0. The highest BCUT2D eigenvalue weighted by Gasteiger charge is 2.36. The predicted molar refractivity (Wildman–Crippen MR) is 40.1 cm³/mol. The van der Waals surface area contributed by atoms with Crippen LogP contribution in [0.25, 0.3) is 0 Å². The molecule has 0 radical (unpaired) electrons. The molecule has 0 spiro atoms. The molecule has 0 bridgehead atoms. The van der Waals surface area contributed by atoms with Crippen molar-refractivity contribution in [2.45, 2.75) is 33.2 Å². The fourth-order valence-corrected chi connectivity index (χ4v) is 1.78. The second-order valence-corrected chi connectivity index (χ2v) is 3.60. The van der Waals surface area contributed by atoms with E-state index in [1.54, 1.807) is 0 Å². The average molecular weight is 127 g/mol. The van der Waals surface area contributed by atoms with Crippen LogP contribution in [0.4, 0.5) is 0 Å². The molecule has 4 atom stereocenters. The molecule has 1 saturated carbocycles. The fourth-order valence-electron chi connectivity index (χ4n) is 1.78. The van der Waals surface area contributed by atoms with Crippen LogP contribution in [-0.4, -0.2) is 6.04 Å². The van der Waals surface area contributed by atoms with Crippen LogP contribution in [0.1, 0.15) is 27.2 Å². The van der Waals surface area contributed by atoms with Crippen LogP contribution < -0.4 is 5.73 Å². The lowest BCUT2D eigenvalue weighted by molar-refractivity contribution is 0.0843. The standard InChI is InChI=1S/C8H17N/c1-5-4-8(6(5)2)7(3)9/h5-8H,4,9H2,1-3H3. The summed E-state index contributed by atoms with van der Waals surface area (Å²) < 4.78 is 0. The highest BCUT2D eigenvalue weighted by atomic mass is 14.7. The Morgan fingerprint density at radius 3 is 2.11 bits per heavy atom. The van der Waals surface area contributed by atoms with E-state index >= 15 is 0 Å². The zero-order valence-corrected chi connectivity index (χ0v) is 6.59. The molecule has 0 heterocycles. The average Bonchev–Trinajstić information content (AvgIpc) is 1.81. The minimum absolute atomic E-state index is 0.413. The molecule has 0 aromatic heterocycles. The smallest absolute Gasteiger partial charge is 0.00415 e. The van der Waals surface area contributed by atoms with Gasteiger partial charge in [-0.15, -0.1) is 0 Å². The Labute approximate surface area is 57.6 Å². The van der Waals surface area contributed by atoms with Crippen LogP contribution in [0.5, 0.6) is 0 Å². The molecule has 0 saturated heterocycles. The maximum Gasteiger partial charge on any atom is 0.00415 e. The Bertz CT molecular complexity index is 98.7. The summed E-state index contributed by atoms with van der Waals surface area (Å²) in [5, 5.41) is 0. The SMILES string of the molecule is CC(N)C1CC(C)C1C. The topological polar surface area (TPSA) is 26.0 Å². The van der Waals surface area contributed by atoms with Gasteiger partial charge in [-0.25, -0.2) is 0 Å². The summed E-state index contributed by atoms with van der Waals surface area (Å²) in [4.78, 5) is 0. The minimum Gasteiger partial charge on any atom is -0.328 e. The molecule has 1 fully saturated rings. The van der Waals surface area contributed by atoms with E-state index in [1.807, 2.05) is 0 Å². The van der Waals surface area contributed by atoms with Crippen LogP contribution >= 0.6 is 0 Å². The van der Waals surface area contributed by atoms with Crippen molar-refractivity contribution < 1.29 is 0 Å².